The van der Waals surface area contributed by atoms with E-state index in [2.05, 4.69) is 0 Å². The molecule has 0 spiro atoms. The minimum absolute atomic E-state index is 0.535. The monoisotopic (exact) mass is 258 g/mol. The standard InChI is InChI=1S/C9H14F3O3P/c1-7(2)14-16(13,15-8(3)4)6-5-9(10,11)12/h7-8H,1-4H3. The molecule has 0 unspecified atom stereocenters. The molecule has 0 amide bonds. The van der Waals surface area contributed by atoms with Crippen molar-refractivity contribution < 1.29 is 26.8 Å². The minimum atomic E-state index is -4.71. The highest BCUT2D eigenvalue weighted by atomic mass is 31.2. The predicted molar refractivity (Wildman–Crippen MR) is 53.9 cm³/mol. The highest BCUT2D eigenvalue weighted by Gasteiger charge is 2.29. The predicted octanol–water partition coefficient (Wildman–Crippen LogP) is 3.55. The van der Waals surface area contributed by atoms with Gasteiger partial charge in [0, 0.05) is 11.6 Å². The molecular weight excluding hydrogens is 244 g/mol. The van der Waals surface area contributed by atoms with Crippen molar-refractivity contribution in [2.24, 2.45) is 0 Å². The number of hydrogen-bond donors (Lipinski definition) is 0. The normalized spacial score (nSPS) is 12.8. The summed E-state index contributed by atoms with van der Waals surface area (Å²) in [4.78, 5) is 0. The van der Waals surface area contributed by atoms with Crippen molar-refractivity contribution in [1.29, 1.82) is 0 Å². The van der Waals surface area contributed by atoms with E-state index in [-0.39, 0.29) is 0 Å². The largest absolute Gasteiger partial charge is 0.458 e. The fraction of sp³-hybridized carbons (Fsp3) is 0.778. The number of hydrogen-bond acceptors (Lipinski definition) is 3. The van der Waals surface area contributed by atoms with Crippen molar-refractivity contribution in [2.45, 2.75) is 46.1 Å². The molecule has 0 rings (SSSR count). The van der Waals surface area contributed by atoms with E-state index in [0.29, 0.717) is 0 Å². The van der Waals surface area contributed by atoms with Crippen LogP contribution in [0.2, 0.25) is 0 Å². The third-order valence-corrected chi connectivity index (χ3v) is 2.82. The first-order valence-electron chi connectivity index (χ1n) is 4.62. The van der Waals surface area contributed by atoms with Gasteiger partial charge in [0.05, 0.1) is 12.2 Å². The second kappa shape index (κ2) is 5.72. The fourth-order valence-corrected chi connectivity index (χ4v) is 2.29. The third-order valence-electron chi connectivity index (χ3n) is 1.03. The molecule has 0 N–H and O–H groups in total. The Kier molecular flexibility index (Phi) is 5.54. The average Bonchev–Trinajstić information content (AvgIpc) is 1.96. The Labute approximate surface area is 92.8 Å². The number of rotatable bonds is 4. The maximum absolute atomic E-state index is 11.9. The van der Waals surface area contributed by atoms with Gasteiger partial charge in [-0.15, -0.1) is 0 Å². The first kappa shape index (κ1) is 15.5. The molecule has 0 aliphatic carbocycles. The molecular formula is C9H14F3O3P. The highest BCUT2D eigenvalue weighted by Crippen LogP contribution is 2.49. The van der Waals surface area contributed by atoms with E-state index >= 15 is 0 Å². The Hall–Kier alpha value is -0.500. The van der Waals surface area contributed by atoms with Crippen molar-refractivity contribution in [1.82, 2.24) is 0 Å². The molecule has 0 saturated carbocycles. The van der Waals surface area contributed by atoms with Gasteiger partial charge >= 0.3 is 13.8 Å². The first-order chi connectivity index (χ1) is 7.04. The van der Waals surface area contributed by atoms with Crippen LogP contribution in [0, 0.1) is 11.6 Å². The zero-order valence-electron chi connectivity index (χ0n) is 9.46. The van der Waals surface area contributed by atoms with Crippen LogP contribution in [0.4, 0.5) is 13.2 Å². The van der Waals surface area contributed by atoms with Gasteiger partial charge in [-0.2, -0.15) is 13.2 Å². The van der Waals surface area contributed by atoms with E-state index in [0.717, 1.165) is 5.92 Å². The summed E-state index contributed by atoms with van der Waals surface area (Å²) in [6, 6.07) is 0. The van der Waals surface area contributed by atoms with E-state index in [1.54, 1.807) is 0 Å². The summed E-state index contributed by atoms with van der Waals surface area (Å²) in [5.41, 5.74) is 1.53. The molecule has 0 aromatic rings. The molecule has 0 heterocycles. The smallest absolute Gasteiger partial charge is 0.297 e. The van der Waals surface area contributed by atoms with Crippen molar-refractivity contribution in [3.05, 3.63) is 0 Å². The van der Waals surface area contributed by atoms with E-state index in [1.807, 2.05) is 0 Å². The molecule has 0 radical (unpaired) electrons. The molecule has 0 aromatic heterocycles. The van der Waals surface area contributed by atoms with Gasteiger partial charge in [0.2, 0.25) is 0 Å². The van der Waals surface area contributed by atoms with Crippen LogP contribution >= 0.6 is 7.60 Å². The zero-order chi connectivity index (χ0) is 13.0. The second-order valence-corrected chi connectivity index (χ2v) is 5.18. The molecule has 0 saturated heterocycles. The summed E-state index contributed by atoms with van der Waals surface area (Å²) in [6.45, 7) is 6.13. The van der Waals surface area contributed by atoms with Gasteiger partial charge in [0.25, 0.3) is 0 Å². The van der Waals surface area contributed by atoms with Gasteiger partial charge in [0.1, 0.15) is 0 Å². The summed E-state index contributed by atoms with van der Waals surface area (Å²) in [6.07, 6.45) is -5.78. The maximum Gasteiger partial charge on any atom is 0.458 e. The summed E-state index contributed by atoms with van der Waals surface area (Å²) < 4.78 is 56.9. The van der Waals surface area contributed by atoms with Gasteiger partial charge in [-0.25, -0.2) is 4.57 Å². The zero-order valence-corrected chi connectivity index (χ0v) is 10.4. The van der Waals surface area contributed by atoms with Gasteiger partial charge in [-0.05, 0) is 27.7 Å². The van der Waals surface area contributed by atoms with E-state index in [9.17, 15) is 17.7 Å². The summed E-state index contributed by atoms with van der Waals surface area (Å²) in [5, 5.41) is 0. The van der Waals surface area contributed by atoms with E-state index in [1.165, 1.54) is 33.4 Å². The Morgan fingerprint density at radius 1 is 1.06 bits per heavy atom. The molecule has 7 heteroatoms. The molecule has 0 atom stereocenters. The van der Waals surface area contributed by atoms with Crippen molar-refractivity contribution in [3.8, 4) is 11.6 Å². The molecule has 0 aromatic carbocycles. The Morgan fingerprint density at radius 3 is 1.69 bits per heavy atom. The molecule has 16 heavy (non-hydrogen) atoms. The SMILES string of the molecule is CC(C)OP(=O)(C#CC(F)(F)F)OC(C)C. The second-order valence-electron chi connectivity index (χ2n) is 3.54. The van der Waals surface area contributed by atoms with Gasteiger partial charge in [-0.1, -0.05) is 0 Å². The van der Waals surface area contributed by atoms with Crippen LogP contribution in [-0.2, 0) is 13.6 Å². The molecule has 0 fully saturated rings. The molecule has 0 aliphatic rings. The van der Waals surface area contributed by atoms with Crippen LogP contribution in [0.3, 0.4) is 0 Å². The average molecular weight is 258 g/mol. The summed E-state index contributed by atoms with van der Waals surface area (Å²) in [7, 11) is -4.01. The Balaban J connectivity index is 4.92. The highest BCUT2D eigenvalue weighted by molar-refractivity contribution is 7.59. The fourth-order valence-electron chi connectivity index (χ4n) is 0.764. The topological polar surface area (TPSA) is 35.5 Å². The number of alkyl halides is 3. The lowest BCUT2D eigenvalue weighted by Gasteiger charge is -2.17. The third kappa shape index (κ3) is 7.75. The minimum Gasteiger partial charge on any atom is -0.297 e. The summed E-state index contributed by atoms with van der Waals surface area (Å²) >= 11 is 0. The summed E-state index contributed by atoms with van der Waals surface area (Å²) in [5.74, 6) is 0.910. The van der Waals surface area contributed by atoms with Crippen molar-refractivity contribution in [3.63, 3.8) is 0 Å². The molecule has 94 valence electrons. The van der Waals surface area contributed by atoms with E-state index < -0.39 is 26.0 Å². The van der Waals surface area contributed by atoms with Crippen molar-refractivity contribution in [2.75, 3.05) is 0 Å². The number of halogens is 3. The first-order valence-corrected chi connectivity index (χ1v) is 6.16. The molecule has 0 aliphatic heterocycles. The Morgan fingerprint density at radius 2 is 1.44 bits per heavy atom. The van der Waals surface area contributed by atoms with Crippen LogP contribution in [-0.4, -0.2) is 18.4 Å². The van der Waals surface area contributed by atoms with Crippen LogP contribution in [0.1, 0.15) is 27.7 Å². The van der Waals surface area contributed by atoms with Gasteiger partial charge < -0.3 is 0 Å². The van der Waals surface area contributed by atoms with Crippen LogP contribution < -0.4 is 0 Å². The maximum atomic E-state index is 11.9. The van der Waals surface area contributed by atoms with Gasteiger partial charge in [0.15, 0.2) is 0 Å². The van der Waals surface area contributed by atoms with Crippen LogP contribution in [0.25, 0.3) is 0 Å². The molecule has 3 nitrogen and oxygen atoms in total. The quantitative estimate of drug-likeness (QED) is 0.571. The lowest BCUT2D eigenvalue weighted by atomic mass is 10.5. The van der Waals surface area contributed by atoms with Crippen LogP contribution in [0.15, 0.2) is 0 Å². The molecule has 0 bridgehead atoms. The Bertz CT molecular complexity index is 311. The van der Waals surface area contributed by atoms with Gasteiger partial charge in [-0.3, -0.25) is 9.05 Å². The van der Waals surface area contributed by atoms with E-state index in [4.69, 9.17) is 9.05 Å². The lowest BCUT2D eigenvalue weighted by molar-refractivity contribution is -0.0697. The van der Waals surface area contributed by atoms with Crippen molar-refractivity contribution >= 4 is 7.60 Å². The lowest BCUT2D eigenvalue weighted by Crippen LogP contribution is -2.08. The van der Waals surface area contributed by atoms with Crippen LogP contribution in [0.5, 0.6) is 0 Å².